The summed E-state index contributed by atoms with van der Waals surface area (Å²) in [5.74, 6) is 0.815. The van der Waals surface area contributed by atoms with Crippen LogP contribution >= 0.6 is 0 Å². The minimum atomic E-state index is -0.356. The Balaban J connectivity index is 3.26. The van der Waals surface area contributed by atoms with Gasteiger partial charge in [-0.1, -0.05) is 13.8 Å². The van der Waals surface area contributed by atoms with Gasteiger partial charge >= 0.3 is 0 Å². The summed E-state index contributed by atoms with van der Waals surface area (Å²) in [4.78, 5) is 9.39. The third kappa shape index (κ3) is 3.31. The van der Waals surface area contributed by atoms with Crippen molar-refractivity contribution in [2.75, 3.05) is 13.2 Å². The van der Waals surface area contributed by atoms with Crippen LogP contribution in [0.4, 0.5) is 0 Å². The Hall–Kier alpha value is -1.00. The molecule has 0 spiro atoms. The summed E-state index contributed by atoms with van der Waals surface area (Å²) in [6.45, 7) is 11.6. The maximum absolute atomic E-state index is 5.97. The second-order valence-electron chi connectivity index (χ2n) is 4.87. The monoisotopic (exact) mass is 265 g/mol. The van der Waals surface area contributed by atoms with Crippen molar-refractivity contribution in [3.63, 3.8) is 0 Å². The van der Waals surface area contributed by atoms with E-state index >= 15 is 0 Å². The van der Waals surface area contributed by atoms with E-state index in [0.29, 0.717) is 13.2 Å². The Labute approximate surface area is 116 Å². The third-order valence-corrected chi connectivity index (χ3v) is 3.79. The number of hydrogen-bond acceptors (Lipinski definition) is 4. The van der Waals surface area contributed by atoms with Gasteiger partial charge in [0.1, 0.15) is 5.60 Å². The van der Waals surface area contributed by atoms with Gasteiger partial charge in [0.15, 0.2) is 5.82 Å². The fourth-order valence-corrected chi connectivity index (χ4v) is 2.56. The second-order valence-corrected chi connectivity index (χ2v) is 4.87. The highest BCUT2D eigenvalue weighted by Gasteiger charge is 2.33. The molecule has 0 unspecified atom stereocenters. The molecular weight excluding hydrogens is 238 g/mol. The summed E-state index contributed by atoms with van der Waals surface area (Å²) in [6.07, 6.45) is 2.59. The number of nitrogens with two attached hydrogens (primary N) is 1. The average Bonchev–Trinajstić information content (AvgIpc) is 2.40. The van der Waals surface area contributed by atoms with Crippen LogP contribution in [0.15, 0.2) is 0 Å². The lowest BCUT2D eigenvalue weighted by Gasteiger charge is -2.30. The first-order valence-electron chi connectivity index (χ1n) is 7.23. The Morgan fingerprint density at radius 1 is 1.05 bits per heavy atom. The fraction of sp³-hybridized carbons (Fsp3) is 0.733. The summed E-state index contributed by atoms with van der Waals surface area (Å²) in [5, 5.41) is 0. The highest BCUT2D eigenvalue weighted by atomic mass is 16.5. The molecule has 0 atom stereocenters. The molecular formula is C15H27N3O. The van der Waals surface area contributed by atoms with Crippen molar-refractivity contribution in [1.29, 1.82) is 0 Å². The first-order valence-corrected chi connectivity index (χ1v) is 7.23. The van der Waals surface area contributed by atoms with Crippen molar-refractivity contribution in [1.82, 2.24) is 9.97 Å². The molecule has 4 heteroatoms. The normalized spacial score (nSPS) is 11.9. The molecule has 1 rings (SSSR count). The van der Waals surface area contributed by atoms with Gasteiger partial charge in [-0.25, -0.2) is 9.97 Å². The van der Waals surface area contributed by atoms with Gasteiger partial charge in [-0.15, -0.1) is 0 Å². The van der Waals surface area contributed by atoms with E-state index < -0.39 is 0 Å². The predicted molar refractivity (Wildman–Crippen MR) is 78.2 cm³/mol. The van der Waals surface area contributed by atoms with Crippen molar-refractivity contribution in [3.05, 3.63) is 22.8 Å². The van der Waals surface area contributed by atoms with E-state index in [0.717, 1.165) is 36.5 Å². The van der Waals surface area contributed by atoms with Crippen LogP contribution in [0.25, 0.3) is 0 Å². The third-order valence-electron chi connectivity index (χ3n) is 3.79. The molecule has 0 fully saturated rings. The molecule has 0 bridgehead atoms. The molecule has 0 amide bonds. The Morgan fingerprint density at radius 2 is 1.58 bits per heavy atom. The van der Waals surface area contributed by atoms with Gasteiger partial charge < -0.3 is 10.5 Å². The zero-order valence-corrected chi connectivity index (χ0v) is 12.9. The maximum Gasteiger partial charge on any atom is 0.160 e. The average molecular weight is 265 g/mol. The molecule has 0 saturated heterocycles. The van der Waals surface area contributed by atoms with Crippen LogP contribution in [-0.4, -0.2) is 23.1 Å². The smallest absolute Gasteiger partial charge is 0.160 e. The summed E-state index contributed by atoms with van der Waals surface area (Å²) >= 11 is 0. The van der Waals surface area contributed by atoms with E-state index in [4.69, 9.17) is 20.4 Å². The fourth-order valence-electron chi connectivity index (χ4n) is 2.56. The second kappa shape index (κ2) is 6.96. The lowest BCUT2D eigenvalue weighted by Crippen LogP contribution is -2.32. The molecule has 1 aromatic heterocycles. The quantitative estimate of drug-likeness (QED) is 0.823. The molecule has 0 aliphatic carbocycles. The topological polar surface area (TPSA) is 61.0 Å². The first-order chi connectivity index (χ1) is 9.04. The zero-order valence-electron chi connectivity index (χ0n) is 12.9. The maximum atomic E-state index is 5.97. The number of nitrogens with zero attached hydrogens (tertiary/aromatic N) is 2. The van der Waals surface area contributed by atoms with Gasteiger partial charge in [-0.3, -0.25) is 0 Å². The van der Waals surface area contributed by atoms with Crippen molar-refractivity contribution < 1.29 is 4.74 Å². The van der Waals surface area contributed by atoms with Gasteiger partial charge in [0.05, 0.1) is 0 Å². The van der Waals surface area contributed by atoms with Crippen LogP contribution in [0.2, 0.25) is 0 Å². The number of aromatic nitrogens is 2. The molecule has 0 aliphatic heterocycles. The standard InChI is InChI=1S/C15H27N3O/c1-6-15(7-2,19-8-3)14-17-11(4)13(9-10-16)12(5)18-14/h6-10,16H2,1-5H3. The summed E-state index contributed by atoms with van der Waals surface area (Å²) in [6, 6.07) is 0. The van der Waals surface area contributed by atoms with Gasteiger partial charge in [0.2, 0.25) is 0 Å². The summed E-state index contributed by atoms with van der Waals surface area (Å²) in [7, 11) is 0. The molecule has 19 heavy (non-hydrogen) atoms. The lowest BCUT2D eigenvalue weighted by molar-refractivity contribution is -0.0574. The van der Waals surface area contributed by atoms with E-state index in [1.807, 2.05) is 20.8 Å². The SMILES string of the molecule is CCOC(CC)(CC)c1nc(C)c(CCN)c(C)n1. The molecule has 108 valence electrons. The van der Waals surface area contributed by atoms with Crippen LogP contribution < -0.4 is 5.73 Å². The predicted octanol–water partition coefficient (Wildman–Crippen LogP) is 2.65. The van der Waals surface area contributed by atoms with E-state index in [2.05, 4.69) is 13.8 Å². The molecule has 2 N–H and O–H groups in total. The van der Waals surface area contributed by atoms with Crippen molar-refractivity contribution in [2.45, 2.75) is 59.5 Å². The molecule has 1 heterocycles. The molecule has 0 aliphatic rings. The molecule has 0 radical (unpaired) electrons. The van der Waals surface area contributed by atoms with Crippen LogP contribution in [0.1, 0.15) is 56.4 Å². The Kier molecular flexibility index (Phi) is 5.88. The number of rotatable bonds is 7. The number of ether oxygens (including phenoxy) is 1. The molecule has 0 aromatic carbocycles. The van der Waals surface area contributed by atoms with Crippen LogP contribution in [-0.2, 0) is 16.8 Å². The van der Waals surface area contributed by atoms with Gasteiger partial charge in [0.25, 0.3) is 0 Å². The van der Waals surface area contributed by atoms with Crippen molar-refractivity contribution >= 4 is 0 Å². The van der Waals surface area contributed by atoms with E-state index in [-0.39, 0.29) is 5.60 Å². The van der Waals surface area contributed by atoms with Gasteiger partial charge in [-0.05, 0) is 52.1 Å². The highest BCUT2D eigenvalue weighted by molar-refractivity contribution is 5.26. The highest BCUT2D eigenvalue weighted by Crippen LogP contribution is 2.31. The molecule has 0 saturated carbocycles. The van der Waals surface area contributed by atoms with Crippen LogP contribution in [0, 0.1) is 13.8 Å². The van der Waals surface area contributed by atoms with Crippen molar-refractivity contribution in [3.8, 4) is 0 Å². The minimum Gasteiger partial charge on any atom is -0.367 e. The van der Waals surface area contributed by atoms with Crippen LogP contribution in [0.5, 0.6) is 0 Å². The van der Waals surface area contributed by atoms with E-state index in [1.165, 1.54) is 5.56 Å². The van der Waals surface area contributed by atoms with Crippen LogP contribution in [0.3, 0.4) is 0 Å². The Bertz CT molecular complexity index is 391. The van der Waals surface area contributed by atoms with E-state index in [9.17, 15) is 0 Å². The molecule has 4 nitrogen and oxygen atoms in total. The molecule has 1 aromatic rings. The number of hydrogen-bond donors (Lipinski definition) is 1. The largest absolute Gasteiger partial charge is 0.367 e. The number of aryl methyl sites for hydroxylation is 2. The van der Waals surface area contributed by atoms with Gasteiger partial charge in [-0.2, -0.15) is 0 Å². The Morgan fingerprint density at radius 3 is 1.95 bits per heavy atom. The van der Waals surface area contributed by atoms with Crippen molar-refractivity contribution in [2.24, 2.45) is 5.73 Å². The summed E-state index contributed by atoms with van der Waals surface area (Å²) < 4.78 is 5.97. The minimum absolute atomic E-state index is 0.356. The lowest BCUT2D eigenvalue weighted by atomic mass is 9.95. The zero-order chi connectivity index (χ0) is 14.5. The van der Waals surface area contributed by atoms with E-state index in [1.54, 1.807) is 0 Å². The summed E-state index contributed by atoms with van der Waals surface area (Å²) in [5.41, 5.74) is 8.51. The first kappa shape index (κ1) is 16.1. The van der Waals surface area contributed by atoms with Gasteiger partial charge in [0, 0.05) is 18.0 Å².